The van der Waals surface area contributed by atoms with Crippen LogP contribution in [0.3, 0.4) is 0 Å². The molecule has 0 atom stereocenters. The maximum Gasteiger partial charge on any atom is 0.199 e. The van der Waals surface area contributed by atoms with Gasteiger partial charge < -0.3 is 4.42 Å². The summed E-state index contributed by atoms with van der Waals surface area (Å²) in [5.74, 6) is 3.13. The molecule has 0 spiro atoms. The smallest absolute Gasteiger partial charge is 0.199 e. The molecule has 0 saturated carbocycles. The second kappa shape index (κ2) is 3.93. The molecule has 3 aromatic heterocycles. The van der Waals surface area contributed by atoms with Crippen LogP contribution in [-0.2, 0) is 11.8 Å². The summed E-state index contributed by atoms with van der Waals surface area (Å²) in [4.78, 5) is 9.48. The number of fused-ring (bicyclic) bond motifs is 3. The molecule has 0 radical (unpaired) electrons. The molecule has 3 aromatic rings. The normalized spacial score (nSPS) is 16.6. The first-order chi connectivity index (χ1) is 9.95. The van der Waals surface area contributed by atoms with Gasteiger partial charge in [0.2, 0.25) is 0 Å². The Morgan fingerprint density at radius 3 is 2.71 bits per heavy atom. The molecule has 3 heterocycles. The van der Waals surface area contributed by atoms with Crippen LogP contribution in [0.5, 0.6) is 0 Å². The van der Waals surface area contributed by atoms with Crippen molar-refractivity contribution in [2.45, 2.75) is 46.0 Å². The molecular weight excluding hydrogens is 264 g/mol. The van der Waals surface area contributed by atoms with Crippen molar-refractivity contribution in [2.24, 2.45) is 0 Å². The average Bonchev–Trinajstić information content (AvgIpc) is 3.06. The third-order valence-corrected chi connectivity index (χ3v) is 4.29. The SMILES string of the molecule is Cc1nc2c3c(nc(-c4ccc(C)o4)n2n1)CCC3(C)C. The molecule has 4 rings (SSSR count). The largest absolute Gasteiger partial charge is 0.458 e. The Morgan fingerprint density at radius 1 is 1.19 bits per heavy atom. The first-order valence-electron chi connectivity index (χ1n) is 7.29. The van der Waals surface area contributed by atoms with Gasteiger partial charge in [0.25, 0.3) is 0 Å². The van der Waals surface area contributed by atoms with Gasteiger partial charge in [-0.1, -0.05) is 13.8 Å². The molecule has 5 heteroatoms. The van der Waals surface area contributed by atoms with E-state index in [2.05, 4.69) is 23.9 Å². The van der Waals surface area contributed by atoms with Crippen LogP contribution in [0.2, 0.25) is 0 Å². The van der Waals surface area contributed by atoms with Gasteiger partial charge in [0.1, 0.15) is 11.6 Å². The van der Waals surface area contributed by atoms with Gasteiger partial charge in [-0.3, -0.25) is 0 Å². The zero-order valence-electron chi connectivity index (χ0n) is 12.8. The number of nitrogens with zero attached hydrogens (tertiary/aromatic N) is 4. The first kappa shape index (κ1) is 12.6. The highest BCUT2D eigenvalue weighted by molar-refractivity contribution is 5.62. The number of aromatic nitrogens is 4. The molecule has 0 bridgehead atoms. The van der Waals surface area contributed by atoms with Gasteiger partial charge in [-0.25, -0.2) is 9.97 Å². The third-order valence-electron chi connectivity index (χ3n) is 4.29. The molecule has 0 saturated heterocycles. The molecule has 0 unspecified atom stereocenters. The number of aryl methyl sites for hydroxylation is 3. The molecule has 0 N–H and O–H groups in total. The summed E-state index contributed by atoms with van der Waals surface area (Å²) in [5.41, 5.74) is 3.38. The molecule has 0 aromatic carbocycles. The van der Waals surface area contributed by atoms with Crippen LogP contribution in [0.4, 0.5) is 0 Å². The van der Waals surface area contributed by atoms with Crippen LogP contribution < -0.4 is 0 Å². The lowest BCUT2D eigenvalue weighted by atomic mass is 9.87. The Morgan fingerprint density at radius 2 is 2.00 bits per heavy atom. The summed E-state index contributed by atoms with van der Waals surface area (Å²) in [6, 6.07) is 3.89. The van der Waals surface area contributed by atoms with Crippen molar-refractivity contribution >= 4 is 5.65 Å². The van der Waals surface area contributed by atoms with E-state index in [1.165, 1.54) is 5.56 Å². The molecule has 108 valence electrons. The van der Waals surface area contributed by atoms with E-state index >= 15 is 0 Å². The van der Waals surface area contributed by atoms with Crippen molar-refractivity contribution in [2.75, 3.05) is 0 Å². The Labute approximate surface area is 123 Å². The lowest BCUT2D eigenvalue weighted by Gasteiger charge is -2.18. The van der Waals surface area contributed by atoms with Crippen LogP contribution in [-0.4, -0.2) is 19.6 Å². The van der Waals surface area contributed by atoms with E-state index in [1.807, 2.05) is 30.5 Å². The number of rotatable bonds is 1. The van der Waals surface area contributed by atoms with Crippen molar-refractivity contribution in [3.63, 3.8) is 0 Å². The van der Waals surface area contributed by atoms with Crippen LogP contribution >= 0.6 is 0 Å². The van der Waals surface area contributed by atoms with E-state index in [0.717, 1.165) is 47.4 Å². The summed E-state index contributed by atoms with van der Waals surface area (Å²) in [5, 5.41) is 4.52. The standard InChI is InChI=1S/C16H18N4O/c1-9-5-6-12(21-9)14-18-11-7-8-16(3,4)13(11)15-17-10(2)19-20(14)15/h5-6H,7-8H2,1-4H3. The number of furan rings is 1. The van der Waals surface area contributed by atoms with Gasteiger partial charge in [-0.2, -0.15) is 4.52 Å². The summed E-state index contributed by atoms with van der Waals surface area (Å²) >= 11 is 0. The van der Waals surface area contributed by atoms with Crippen LogP contribution in [0.15, 0.2) is 16.5 Å². The third kappa shape index (κ3) is 1.73. The highest BCUT2D eigenvalue weighted by atomic mass is 16.3. The maximum absolute atomic E-state index is 5.75. The Bertz CT molecular complexity index is 857. The minimum Gasteiger partial charge on any atom is -0.458 e. The zero-order chi connectivity index (χ0) is 14.8. The summed E-state index contributed by atoms with van der Waals surface area (Å²) in [6.07, 6.45) is 2.08. The molecule has 0 aliphatic heterocycles. The van der Waals surface area contributed by atoms with Crippen molar-refractivity contribution in [1.82, 2.24) is 19.6 Å². The van der Waals surface area contributed by atoms with E-state index in [1.54, 1.807) is 0 Å². The van der Waals surface area contributed by atoms with Crippen molar-refractivity contribution < 1.29 is 4.42 Å². The van der Waals surface area contributed by atoms with Gasteiger partial charge in [0.15, 0.2) is 17.2 Å². The molecule has 5 nitrogen and oxygen atoms in total. The highest BCUT2D eigenvalue weighted by Gasteiger charge is 2.35. The van der Waals surface area contributed by atoms with Crippen molar-refractivity contribution in [3.8, 4) is 11.6 Å². The lowest BCUT2D eigenvalue weighted by Crippen LogP contribution is -2.15. The summed E-state index contributed by atoms with van der Waals surface area (Å²) < 4.78 is 7.58. The predicted octanol–water partition coefficient (Wildman–Crippen LogP) is 3.22. The number of hydrogen-bond acceptors (Lipinski definition) is 4. The number of hydrogen-bond donors (Lipinski definition) is 0. The molecule has 1 aliphatic carbocycles. The first-order valence-corrected chi connectivity index (χ1v) is 7.29. The van der Waals surface area contributed by atoms with Crippen LogP contribution in [0.25, 0.3) is 17.2 Å². The van der Waals surface area contributed by atoms with Gasteiger partial charge in [-0.15, -0.1) is 5.10 Å². The van der Waals surface area contributed by atoms with Crippen LogP contribution in [0.1, 0.15) is 43.1 Å². The van der Waals surface area contributed by atoms with E-state index in [0.29, 0.717) is 0 Å². The van der Waals surface area contributed by atoms with Gasteiger partial charge in [-0.05, 0) is 44.2 Å². The Kier molecular flexibility index (Phi) is 2.35. The fraction of sp³-hybridized carbons (Fsp3) is 0.438. The van der Waals surface area contributed by atoms with E-state index in [9.17, 15) is 0 Å². The fourth-order valence-electron chi connectivity index (χ4n) is 3.23. The topological polar surface area (TPSA) is 56.2 Å². The zero-order valence-corrected chi connectivity index (χ0v) is 12.8. The van der Waals surface area contributed by atoms with Crippen LogP contribution in [0, 0.1) is 13.8 Å². The minimum atomic E-state index is 0.0979. The second-order valence-electron chi connectivity index (χ2n) is 6.45. The Hall–Kier alpha value is -2.17. The average molecular weight is 282 g/mol. The van der Waals surface area contributed by atoms with E-state index in [-0.39, 0.29) is 5.41 Å². The van der Waals surface area contributed by atoms with Gasteiger partial charge in [0.05, 0.1) is 5.69 Å². The van der Waals surface area contributed by atoms with Crippen molar-refractivity contribution in [3.05, 3.63) is 35.0 Å². The molecule has 0 fully saturated rings. The van der Waals surface area contributed by atoms with E-state index in [4.69, 9.17) is 9.40 Å². The predicted molar refractivity (Wildman–Crippen MR) is 79.3 cm³/mol. The fourth-order valence-corrected chi connectivity index (χ4v) is 3.23. The Balaban J connectivity index is 2.09. The van der Waals surface area contributed by atoms with Gasteiger partial charge in [0, 0.05) is 5.56 Å². The lowest BCUT2D eigenvalue weighted by molar-refractivity contribution is 0.523. The molecule has 0 amide bonds. The van der Waals surface area contributed by atoms with Crippen molar-refractivity contribution in [1.29, 1.82) is 0 Å². The van der Waals surface area contributed by atoms with Gasteiger partial charge >= 0.3 is 0 Å². The summed E-state index contributed by atoms with van der Waals surface area (Å²) in [7, 11) is 0. The summed E-state index contributed by atoms with van der Waals surface area (Å²) in [6.45, 7) is 8.35. The monoisotopic (exact) mass is 282 g/mol. The molecular formula is C16H18N4O. The highest BCUT2D eigenvalue weighted by Crippen LogP contribution is 2.40. The maximum atomic E-state index is 5.75. The second-order valence-corrected chi connectivity index (χ2v) is 6.45. The molecule has 21 heavy (non-hydrogen) atoms. The molecule has 1 aliphatic rings. The van der Waals surface area contributed by atoms with E-state index < -0.39 is 0 Å². The minimum absolute atomic E-state index is 0.0979. The quantitative estimate of drug-likeness (QED) is 0.687.